The summed E-state index contributed by atoms with van der Waals surface area (Å²) in [6.07, 6.45) is 1.67. The highest BCUT2D eigenvalue weighted by molar-refractivity contribution is 6.30. The number of carbonyl (C=O) groups is 3. The molecule has 2 saturated heterocycles. The number of rotatable bonds is 8. The second-order valence-electron chi connectivity index (χ2n) is 11.4. The summed E-state index contributed by atoms with van der Waals surface area (Å²) >= 11 is 6.07. The van der Waals surface area contributed by atoms with Crippen LogP contribution < -0.4 is 15.6 Å². The summed E-state index contributed by atoms with van der Waals surface area (Å²) in [5.41, 5.74) is 2.55. The predicted octanol–water partition coefficient (Wildman–Crippen LogP) is 3.96. The van der Waals surface area contributed by atoms with E-state index in [2.05, 4.69) is 10.2 Å². The van der Waals surface area contributed by atoms with Crippen molar-refractivity contribution in [3.8, 4) is 5.75 Å². The smallest absolute Gasteiger partial charge is 0.287 e. The molecule has 2 aliphatic rings. The molecular formula is C34H33ClN4O6. The first-order valence-electron chi connectivity index (χ1n) is 15.0. The molecule has 1 aromatic heterocycles. The molecule has 3 amide bonds. The summed E-state index contributed by atoms with van der Waals surface area (Å²) < 4.78 is 5.66. The number of phenolic OH excluding ortho intramolecular Hbond substituents is 1. The Labute approximate surface area is 264 Å². The van der Waals surface area contributed by atoms with Gasteiger partial charge in [-0.3, -0.25) is 19.2 Å². The van der Waals surface area contributed by atoms with Crippen LogP contribution in [0.15, 0.2) is 82.0 Å². The molecule has 45 heavy (non-hydrogen) atoms. The van der Waals surface area contributed by atoms with Gasteiger partial charge in [-0.25, -0.2) is 0 Å². The molecule has 6 rings (SSSR count). The highest BCUT2D eigenvalue weighted by atomic mass is 35.5. The van der Waals surface area contributed by atoms with Crippen LogP contribution in [0, 0.1) is 0 Å². The molecule has 0 radical (unpaired) electrons. The second kappa shape index (κ2) is 13.0. The summed E-state index contributed by atoms with van der Waals surface area (Å²) in [5, 5.41) is 13.4. The third-order valence-corrected chi connectivity index (χ3v) is 8.60. The monoisotopic (exact) mass is 628 g/mol. The zero-order valence-corrected chi connectivity index (χ0v) is 25.3. The number of para-hydroxylation sites is 1. The van der Waals surface area contributed by atoms with Gasteiger partial charge in [0.25, 0.3) is 5.91 Å². The van der Waals surface area contributed by atoms with Gasteiger partial charge in [0.2, 0.25) is 11.8 Å². The first kappa shape index (κ1) is 30.2. The molecule has 11 heteroatoms. The second-order valence-corrected chi connectivity index (χ2v) is 11.8. The number of piperazine rings is 1. The molecule has 0 spiro atoms. The third-order valence-electron chi connectivity index (χ3n) is 8.35. The highest BCUT2D eigenvalue weighted by Crippen LogP contribution is 2.26. The van der Waals surface area contributed by atoms with Crippen LogP contribution in [0.4, 0.5) is 5.69 Å². The molecule has 3 aromatic carbocycles. The van der Waals surface area contributed by atoms with E-state index in [1.54, 1.807) is 29.2 Å². The number of amides is 3. The van der Waals surface area contributed by atoms with Crippen LogP contribution in [0.5, 0.6) is 5.75 Å². The van der Waals surface area contributed by atoms with Crippen LogP contribution in [0.25, 0.3) is 11.0 Å². The number of fused-ring (bicyclic) bond motifs is 1. The first-order chi connectivity index (χ1) is 21.7. The molecule has 10 nitrogen and oxygen atoms in total. The number of anilines is 1. The van der Waals surface area contributed by atoms with Crippen molar-refractivity contribution in [2.45, 2.75) is 31.8 Å². The van der Waals surface area contributed by atoms with Gasteiger partial charge >= 0.3 is 0 Å². The molecule has 2 fully saturated rings. The molecular weight excluding hydrogens is 596 g/mol. The van der Waals surface area contributed by atoms with Crippen molar-refractivity contribution in [3.63, 3.8) is 0 Å². The largest absolute Gasteiger partial charge is 0.508 e. The summed E-state index contributed by atoms with van der Waals surface area (Å²) in [6.45, 7) is 3.37. The van der Waals surface area contributed by atoms with Crippen LogP contribution in [0.3, 0.4) is 0 Å². The van der Waals surface area contributed by atoms with Crippen LogP contribution in [0.1, 0.15) is 34.5 Å². The fourth-order valence-corrected chi connectivity index (χ4v) is 6.09. The molecule has 0 saturated carbocycles. The minimum absolute atomic E-state index is 0.0683. The number of halogens is 1. The van der Waals surface area contributed by atoms with E-state index in [0.717, 1.165) is 35.8 Å². The maximum atomic E-state index is 13.9. The molecule has 2 aliphatic heterocycles. The fraction of sp³-hybridized carbons (Fsp3) is 0.294. The van der Waals surface area contributed by atoms with Gasteiger partial charge in [0, 0.05) is 75.0 Å². The van der Waals surface area contributed by atoms with Gasteiger partial charge < -0.3 is 29.5 Å². The average Bonchev–Trinajstić information content (AvgIpc) is 3.45. The molecule has 232 valence electrons. The van der Waals surface area contributed by atoms with E-state index < -0.39 is 17.4 Å². The Bertz CT molecular complexity index is 1800. The average molecular weight is 629 g/mol. The zero-order valence-electron chi connectivity index (χ0n) is 24.6. The summed E-state index contributed by atoms with van der Waals surface area (Å²) in [5.74, 6) is -1.16. The number of nitrogens with zero attached hydrogens (tertiary/aromatic N) is 3. The van der Waals surface area contributed by atoms with Gasteiger partial charge in [-0.05, 0) is 47.9 Å². The SMILES string of the molecule is O=C(N[C@@H](Cc1ccc(Cl)cc1)C(=O)N1CCN(c2ccccc2CN2CCCC2=O)CC1)c1cc(=O)c2ccc(O)cc2o1. The minimum Gasteiger partial charge on any atom is -0.508 e. The van der Waals surface area contributed by atoms with E-state index in [9.17, 15) is 24.3 Å². The lowest BCUT2D eigenvalue weighted by Crippen LogP contribution is -2.55. The fourth-order valence-electron chi connectivity index (χ4n) is 5.96. The van der Waals surface area contributed by atoms with Crippen LogP contribution in [0.2, 0.25) is 5.02 Å². The van der Waals surface area contributed by atoms with Crippen molar-refractivity contribution < 1.29 is 23.9 Å². The topological polar surface area (TPSA) is 123 Å². The lowest BCUT2D eigenvalue weighted by Gasteiger charge is -2.38. The Kier molecular flexibility index (Phi) is 8.75. The number of hydrogen-bond donors (Lipinski definition) is 2. The summed E-state index contributed by atoms with van der Waals surface area (Å²) in [4.78, 5) is 58.1. The molecule has 0 aliphatic carbocycles. The van der Waals surface area contributed by atoms with Gasteiger partial charge in [-0.15, -0.1) is 0 Å². The number of aromatic hydroxyl groups is 1. The van der Waals surface area contributed by atoms with Crippen molar-refractivity contribution >= 4 is 46.0 Å². The molecule has 2 N–H and O–H groups in total. The van der Waals surface area contributed by atoms with Gasteiger partial charge in [-0.2, -0.15) is 0 Å². The number of phenols is 1. The van der Waals surface area contributed by atoms with E-state index in [4.69, 9.17) is 16.0 Å². The molecule has 0 unspecified atom stereocenters. The standard InChI is InChI=1S/C34H33ClN4O6/c35-24-9-7-22(8-10-24)18-27(36-33(43)31-20-29(41)26-12-11-25(40)19-30(26)45-31)34(44)38-16-14-37(15-17-38)28-5-2-1-4-23(28)21-39-13-3-6-32(39)42/h1-2,4-5,7-12,19-20,27,40H,3,6,13-18,21H2,(H,36,43)/t27-/m0/s1. The van der Waals surface area contributed by atoms with E-state index in [0.29, 0.717) is 44.2 Å². The molecule has 3 heterocycles. The Balaban J connectivity index is 1.18. The van der Waals surface area contributed by atoms with Crippen LogP contribution >= 0.6 is 11.6 Å². The van der Waals surface area contributed by atoms with Gasteiger partial charge in [-0.1, -0.05) is 41.9 Å². The lowest BCUT2D eigenvalue weighted by molar-refractivity contribution is -0.133. The third kappa shape index (κ3) is 6.81. The van der Waals surface area contributed by atoms with Gasteiger partial charge in [0.15, 0.2) is 11.2 Å². The predicted molar refractivity (Wildman–Crippen MR) is 170 cm³/mol. The van der Waals surface area contributed by atoms with Crippen molar-refractivity contribution in [1.82, 2.24) is 15.1 Å². The van der Waals surface area contributed by atoms with E-state index in [1.165, 1.54) is 18.2 Å². The van der Waals surface area contributed by atoms with E-state index in [1.807, 2.05) is 29.2 Å². The number of nitrogens with one attached hydrogen (secondary N) is 1. The first-order valence-corrected chi connectivity index (χ1v) is 15.3. The number of likely N-dealkylation sites (tertiary alicyclic amines) is 1. The summed E-state index contributed by atoms with van der Waals surface area (Å²) in [6, 6.07) is 19.3. The van der Waals surface area contributed by atoms with Crippen LogP contribution in [-0.4, -0.2) is 71.4 Å². The Morgan fingerprint density at radius 2 is 1.69 bits per heavy atom. The zero-order chi connectivity index (χ0) is 31.5. The highest BCUT2D eigenvalue weighted by Gasteiger charge is 2.31. The van der Waals surface area contributed by atoms with Crippen molar-refractivity contribution in [3.05, 3.63) is 105 Å². The van der Waals surface area contributed by atoms with Gasteiger partial charge in [0.05, 0.1) is 5.39 Å². The van der Waals surface area contributed by atoms with Crippen molar-refractivity contribution in [2.24, 2.45) is 0 Å². The van der Waals surface area contributed by atoms with Gasteiger partial charge in [0.1, 0.15) is 17.4 Å². The summed E-state index contributed by atoms with van der Waals surface area (Å²) in [7, 11) is 0. The number of benzene rings is 3. The normalized spacial score (nSPS) is 15.8. The van der Waals surface area contributed by atoms with Crippen molar-refractivity contribution in [1.29, 1.82) is 0 Å². The molecule has 0 bridgehead atoms. The van der Waals surface area contributed by atoms with E-state index >= 15 is 0 Å². The van der Waals surface area contributed by atoms with Crippen LogP contribution in [-0.2, 0) is 22.6 Å². The van der Waals surface area contributed by atoms with E-state index in [-0.39, 0.29) is 40.7 Å². The maximum Gasteiger partial charge on any atom is 0.287 e. The molecule has 1 atom stereocenters. The quantitative estimate of drug-likeness (QED) is 0.303. The Hall–Kier alpha value is -4.83. The lowest BCUT2D eigenvalue weighted by atomic mass is 10.0. The maximum absolute atomic E-state index is 13.9. The minimum atomic E-state index is -0.941. The number of carbonyl (C=O) groups excluding carboxylic acids is 3. The Morgan fingerprint density at radius 1 is 0.933 bits per heavy atom. The number of hydrogen-bond acceptors (Lipinski definition) is 7. The Morgan fingerprint density at radius 3 is 2.42 bits per heavy atom. The molecule has 4 aromatic rings. The van der Waals surface area contributed by atoms with Crippen molar-refractivity contribution in [2.75, 3.05) is 37.6 Å².